The summed E-state index contributed by atoms with van der Waals surface area (Å²) in [5, 5.41) is 2.87. The monoisotopic (exact) mass is 390 g/mol. The van der Waals surface area contributed by atoms with Crippen LogP contribution >= 0.6 is 0 Å². The second-order valence-electron chi connectivity index (χ2n) is 6.87. The molecule has 0 aromatic heterocycles. The van der Waals surface area contributed by atoms with Gasteiger partial charge in [-0.25, -0.2) is 0 Å². The lowest BCUT2D eigenvalue weighted by Gasteiger charge is -2.13. The number of hydrogen-bond acceptors (Lipinski definition) is 4. The maximum atomic E-state index is 12.0. The van der Waals surface area contributed by atoms with Crippen LogP contribution in [0.2, 0.25) is 0 Å². The summed E-state index contributed by atoms with van der Waals surface area (Å²) in [4.78, 5) is 14.1. The van der Waals surface area contributed by atoms with Crippen LogP contribution in [-0.2, 0) is 17.9 Å². The van der Waals surface area contributed by atoms with Crippen molar-refractivity contribution in [3.63, 3.8) is 0 Å². The molecule has 0 saturated carbocycles. The molecule has 1 N–H and O–H groups in total. The second-order valence-corrected chi connectivity index (χ2v) is 6.87. The average Bonchev–Trinajstić information content (AvgIpc) is 2.76. The smallest absolute Gasteiger partial charge is 0.258 e. The molecule has 0 fully saturated rings. The Kier molecular flexibility index (Phi) is 7.11. The number of anilines is 1. The van der Waals surface area contributed by atoms with Crippen LogP contribution in [0.15, 0.2) is 78.9 Å². The van der Waals surface area contributed by atoms with E-state index in [0.717, 1.165) is 22.6 Å². The number of ether oxygens (including phenoxy) is 2. The number of carbonyl (C=O) groups excluding carboxylic acids is 1. The van der Waals surface area contributed by atoms with E-state index in [1.807, 2.05) is 85.7 Å². The summed E-state index contributed by atoms with van der Waals surface area (Å²) in [6.45, 7) is 0.959. The third-order valence-electron chi connectivity index (χ3n) is 4.38. The standard InChI is InChI=1S/C24H26N2O3/c1-26(2)21-10-8-19(9-11-21)16-25-24(27)18-29-23-14-12-22(13-15-23)28-17-20-6-4-3-5-7-20/h3-15H,16-18H2,1-2H3,(H,25,27). The van der Waals surface area contributed by atoms with E-state index in [4.69, 9.17) is 9.47 Å². The van der Waals surface area contributed by atoms with Crippen molar-refractivity contribution in [1.82, 2.24) is 5.32 Å². The number of carbonyl (C=O) groups is 1. The molecule has 0 atom stereocenters. The lowest BCUT2D eigenvalue weighted by Crippen LogP contribution is -2.28. The number of nitrogens with one attached hydrogen (secondary N) is 1. The zero-order valence-electron chi connectivity index (χ0n) is 16.8. The summed E-state index contributed by atoms with van der Waals surface area (Å²) in [5.41, 5.74) is 3.28. The second kappa shape index (κ2) is 10.2. The topological polar surface area (TPSA) is 50.8 Å². The summed E-state index contributed by atoms with van der Waals surface area (Å²) in [7, 11) is 3.99. The fraction of sp³-hybridized carbons (Fsp3) is 0.208. The van der Waals surface area contributed by atoms with E-state index in [0.29, 0.717) is 18.9 Å². The zero-order chi connectivity index (χ0) is 20.5. The van der Waals surface area contributed by atoms with E-state index in [1.54, 1.807) is 12.1 Å². The minimum Gasteiger partial charge on any atom is -0.489 e. The van der Waals surface area contributed by atoms with Crippen molar-refractivity contribution < 1.29 is 14.3 Å². The molecular weight excluding hydrogens is 364 g/mol. The number of rotatable bonds is 9. The normalized spacial score (nSPS) is 10.3. The van der Waals surface area contributed by atoms with Gasteiger partial charge in [0.15, 0.2) is 6.61 Å². The molecule has 0 aliphatic carbocycles. The van der Waals surface area contributed by atoms with Crippen LogP contribution in [0.1, 0.15) is 11.1 Å². The summed E-state index contributed by atoms with van der Waals surface area (Å²) >= 11 is 0. The molecule has 0 bridgehead atoms. The Labute approximate surface area is 171 Å². The van der Waals surface area contributed by atoms with Gasteiger partial charge in [0.05, 0.1) is 0 Å². The Hall–Kier alpha value is -3.47. The van der Waals surface area contributed by atoms with Crippen molar-refractivity contribution in [3.8, 4) is 11.5 Å². The number of amides is 1. The Bertz CT molecular complexity index is 892. The Morgan fingerprint density at radius 3 is 2.03 bits per heavy atom. The largest absolute Gasteiger partial charge is 0.489 e. The first-order valence-electron chi connectivity index (χ1n) is 9.53. The maximum Gasteiger partial charge on any atom is 0.258 e. The first-order chi connectivity index (χ1) is 14.1. The highest BCUT2D eigenvalue weighted by Gasteiger charge is 2.04. The van der Waals surface area contributed by atoms with Gasteiger partial charge in [0, 0.05) is 26.3 Å². The summed E-state index contributed by atoms with van der Waals surface area (Å²) < 4.78 is 11.3. The maximum absolute atomic E-state index is 12.0. The van der Waals surface area contributed by atoms with Crippen molar-refractivity contribution >= 4 is 11.6 Å². The lowest BCUT2D eigenvalue weighted by molar-refractivity contribution is -0.123. The van der Waals surface area contributed by atoms with Crippen molar-refractivity contribution in [2.75, 3.05) is 25.6 Å². The predicted molar refractivity (Wildman–Crippen MR) is 115 cm³/mol. The van der Waals surface area contributed by atoms with Gasteiger partial charge in [-0.15, -0.1) is 0 Å². The fourth-order valence-electron chi connectivity index (χ4n) is 2.69. The third kappa shape index (κ3) is 6.57. The highest BCUT2D eigenvalue weighted by Crippen LogP contribution is 2.18. The van der Waals surface area contributed by atoms with Crippen LogP contribution in [-0.4, -0.2) is 26.6 Å². The van der Waals surface area contributed by atoms with Gasteiger partial charge in [0.2, 0.25) is 0 Å². The van der Waals surface area contributed by atoms with E-state index < -0.39 is 0 Å². The zero-order valence-corrected chi connectivity index (χ0v) is 16.8. The first-order valence-corrected chi connectivity index (χ1v) is 9.53. The number of hydrogen-bond donors (Lipinski definition) is 1. The summed E-state index contributed by atoms with van der Waals surface area (Å²) in [6.07, 6.45) is 0. The molecule has 150 valence electrons. The quantitative estimate of drug-likeness (QED) is 0.599. The molecule has 0 heterocycles. The average molecular weight is 390 g/mol. The van der Waals surface area contributed by atoms with Crippen LogP contribution in [0.4, 0.5) is 5.69 Å². The molecule has 3 rings (SSSR count). The highest BCUT2D eigenvalue weighted by atomic mass is 16.5. The van der Waals surface area contributed by atoms with E-state index in [2.05, 4.69) is 5.32 Å². The molecule has 0 unspecified atom stereocenters. The molecule has 1 amide bonds. The van der Waals surface area contributed by atoms with Gasteiger partial charge in [-0.2, -0.15) is 0 Å². The SMILES string of the molecule is CN(C)c1ccc(CNC(=O)COc2ccc(OCc3ccccc3)cc2)cc1. The van der Waals surface area contributed by atoms with Gasteiger partial charge >= 0.3 is 0 Å². The third-order valence-corrected chi connectivity index (χ3v) is 4.38. The summed E-state index contributed by atoms with van der Waals surface area (Å²) in [6, 6.07) is 25.3. The molecule has 0 aliphatic rings. The van der Waals surface area contributed by atoms with Gasteiger partial charge in [-0.3, -0.25) is 4.79 Å². The van der Waals surface area contributed by atoms with Gasteiger partial charge in [-0.05, 0) is 47.5 Å². The molecule has 5 heteroatoms. The van der Waals surface area contributed by atoms with Gasteiger partial charge in [0.25, 0.3) is 5.91 Å². The molecule has 29 heavy (non-hydrogen) atoms. The molecule has 0 spiro atoms. The van der Waals surface area contributed by atoms with Crippen LogP contribution < -0.4 is 19.7 Å². The highest BCUT2D eigenvalue weighted by molar-refractivity contribution is 5.77. The lowest BCUT2D eigenvalue weighted by atomic mass is 10.2. The number of nitrogens with zero attached hydrogens (tertiary/aromatic N) is 1. The van der Waals surface area contributed by atoms with E-state index in [-0.39, 0.29) is 12.5 Å². The van der Waals surface area contributed by atoms with E-state index in [9.17, 15) is 4.79 Å². The number of benzene rings is 3. The van der Waals surface area contributed by atoms with Crippen LogP contribution in [0.25, 0.3) is 0 Å². The molecule has 0 aliphatic heterocycles. The van der Waals surface area contributed by atoms with Crippen LogP contribution in [0.3, 0.4) is 0 Å². The van der Waals surface area contributed by atoms with Crippen molar-refractivity contribution in [1.29, 1.82) is 0 Å². The predicted octanol–water partition coefficient (Wildman–Crippen LogP) is 4.03. The first kappa shape index (κ1) is 20.3. The van der Waals surface area contributed by atoms with Gasteiger partial charge < -0.3 is 19.7 Å². The molecule has 5 nitrogen and oxygen atoms in total. The van der Waals surface area contributed by atoms with Crippen molar-refractivity contribution in [2.45, 2.75) is 13.2 Å². The molecular formula is C24H26N2O3. The Balaban J connectivity index is 1.39. The minimum atomic E-state index is -0.161. The van der Waals surface area contributed by atoms with Crippen LogP contribution in [0, 0.1) is 0 Å². The molecule has 3 aromatic rings. The Morgan fingerprint density at radius 2 is 1.41 bits per heavy atom. The molecule has 0 radical (unpaired) electrons. The summed E-state index contributed by atoms with van der Waals surface area (Å²) in [5.74, 6) is 1.22. The van der Waals surface area contributed by atoms with Gasteiger partial charge in [-0.1, -0.05) is 42.5 Å². The van der Waals surface area contributed by atoms with E-state index >= 15 is 0 Å². The van der Waals surface area contributed by atoms with E-state index in [1.165, 1.54) is 0 Å². The van der Waals surface area contributed by atoms with Crippen LogP contribution in [0.5, 0.6) is 11.5 Å². The fourth-order valence-corrected chi connectivity index (χ4v) is 2.69. The molecule has 0 saturated heterocycles. The van der Waals surface area contributed by atoms with Crippen molar-refractivity contribution in [3.05, 3.63) is 90.0 Å². The van der Waals surface area contributed by atoms with Crippen molar-refractivity contribution in [2.24, 2.45) is 0 Å². The Morgan fingerprint density at radius 1 is 0.793 bits per heavy atom. The molecule has 3 aromatic carbocycles. The minimum absolute atomic E-state index is 0.0278. The van der Waals surface area contributed by atoms with Gasteiger partial charge in [0.1, 0.15) is 18.1 Å².